The van der Waals surface area contributed by atoms with Gasteiger partial charge in [0, 0.05) is 18.3 Å². The van der Waals surface area contributed by atoms with Gasteiger partial charge in [0.25, 0.3) is 0 Å². The number of hydrogen-bond acceptors (Lipinski definition) is 1. The molecule has 0 saturated heterocycles. The number of Topliss-reactive ketones (excluding diaryl/α,β-unsaturated/α-hetero) is 1. The minimum absolute atomic E-state index is 0.107. The van der Waals surface area contributed by atoms with E-state index in [1.165, 1.54) is 76.6 Å². The van der Waals surface area contributed by atoms with Gasteiger partial charge in [-0.2, -0.15) is 0 Å². The monoisotopic (exact) mass is 518 g/mol. The largest absolute Gasteiger partial charge is 0.299 e. The summed E-state index contributed by atoms with van der Waals surface area (Å²) in [5, 5.41) is 0. The average molecular weight is 519 g/mol. The molecule has 204 valence electrons. The van der Waals surface area contributed by atoms with Crippen molar-refractivity contribution in [3.8, 4) is 0 Å². The Kier molecular flexibility index (Phi) is 7.07. The van der Waals surface area contributed by atoms with Crippen molar-refractivity contribution in [1.82, 2.24) is 0 Å². The van der Waals surface area contributed by atoms with Gasteiger partial charge in [-0.3, -0.25) is 4.79 Å². The average Bonchev–Trinajstić information content (AvgIpc) is 3.65. The molecule has 1 heteroatoms. The molecule has 2 aromatic carbocycles. The van der Waals surface area contributed by atoms with Crippen LogP contribution in [-0.2, 0) is 16.6 Å². The number of ketones is 1. The molecule has 2 fully saturated rings. The zero-order valence-electron chi connectivity index (χ0n) is 24.6. The van der Waals surface area contributed by atoms with Gasteiger partial charge in [0.1, 0.15) is 5.78 Å². The van der Waals surface area contributed by atoms with Crippen LogP contribution in [0.15, 0.2) is 77.9 Å². The van der Waals surface area contributed by atoms with Crippen LogP contribution in [0.4, 0.5) is 0 Å². The molecule has 0 aliphatic heterocycles. The molecule has 4 aliphatic rings. The SMILES string of the molecule is C=C(C1=C(C)C=CC1)C1CCC(C2CC(=O)C(c3ccc4c(c3)CCC4c3ccc(C(C)(C)C)cc3)C2)CC1. The predicted molar refractivity (Wildman–Crippen MR) is 163 cm³/mol. The molecule has 2 saturated carbocycles. The zero-order valence-corrected chi connectivity index (χ0v) is 24.6. The maximum absolute atomic E-state index is 13.3. The van der Waals surface area contributed by atoms with Crippen LogP contribution in [0, 0.1) is 17.8 Å². The quantitative estimate of drug-likeness (QED) is 0.385. The molecule has 0 spiro atoms. The summed E-state index contributed by atoms with van der Waals surface area (Å²) < 4.78 is 0. The molecule has 0 bridgehead atoms. The second kappa shape index (κ2) is 10.4. The Balaban J connectivity index is 1.09. The van der Waals surface area contributed by atoms with Gasteiger partial charge in [0.05, 0.1) is 0 Å². The third kappa shape index (κ3) is 5.15. The van der Waals surface area contributed by atoms with Crippen molar-refractivity contribution in [3.05, 3.63) is 106 Å². The fourth-order valence-electron chi connectivity index (χ4n) is 8.20. The highest BCUT2D eigenvalue weighted by Gasteiger charge is 2.40. The van der Waals surface area contributed by atoms with Crippen LogP contribution >= 0.6 is 0 Å². The lowest BCUT2D eigenvalue weighted by atomic mass is 9.72. The van der Waals surface area contributed by atoms with Crippen LogP contribution in [0.1, 0.15) is 119 Å². The van der Waals surface area contributed by atoms with Crippen molar-refractivity contribution in [1.29, 1.82) is 0 Å². The van der Waals surface area contributed by atoms with Crippen LogP contribution in [0.2, 0.25) is 0 Å². The summed E-state index contributed by atoms with van der Waals surface area (Å²) in [6.07, 6.45) is 14.7. The van der Waals surface area contributed by atoms with Gasteiger partial charge in [-0.15, -0.1) is 0 Å². The fraction of sp³-hybridized carbons (Fsp3) is 0.500. The third-order valence-electron chi connectivity index (χ3n) is 10.7. The molecule has 3 atom stereocenters. The summed E-state index contributed by atoms with van der Waals surface area (Å²) >= 11 is 0. The Hall–Kier alpha value is -2.67. The summed E-state index contributed by atoms with van der Waals surface area (Å²) in [5.41, 5.74) is 11.5. The molecule has 0 radical (unpaired) electrons. The van der Waals surface area contributed by atoms with E-state index in [0.29, 0.717) is 29.5 Å². The van der Waals surface area contributed by atoms with E-state index in [9.17, 15) is 4.79 Å². The Morgan fingerprint density at radius 2 is 1.59 bits per heavy atom. The maximum atomic E-state index is 13.3. The van der Waals surface area contributed by atoms with E-state index >= 15 is 0 Å². The van der Waals surface area contributed by atoms with Gasteiger partial charge >= 0.3 is 0 Å². The van der Waals surface area contributed by atoms with E-state index in [1.54, 1.807) is 0 Å². The highest BCUT2D eigenvalue weighted by molar-refractivity contribution is 5.88. The Morgan fingerprint density at radius 1 is 0.872 bits per heavy atom. The van der Waals surface area contributed by atoms with E-state index in [-0.39, 0.29) is 11.3 Å². The standard InChI is InChI=1S/C38H46O/c1-24-7-6-8-33(24)25(2)26-9-11-27(12-10-26)31-22-36(37(39)23-31)30-16-20-35-29(21-30)15-19-34(35)28-13-17-32(18-14-28)38(3,4)5/h6-7,13-14,16-18,20-21,26-27,31,34,36H,2,8-12,15,19,22-23H2,1,3-5H3. The first-order valence-electron chi connectivity index (χ1n) is 15.5. The van der Waals surface area contributed by atoms with Gasteiger partial charge in [-0.05, 0) is 126 Å². The van der Waals surface area contributed by atoms with E-state index in [0.717, 1.165) is 25.7 Å². The number of carbonyl (C=O) groups excluding carboxylic acids is 1. The van der Waals surface area contributed by atoms with Gasteiger partial charge in [-0.1, -0.05) is 82.0 Å². The first kappa shape index (κ1) is 26.5. The third-order valence-corrected chi connectivity index (χ3v) is 10.7. The number of rotatable bonds is 5. The summed E-state index contributed by atoms with van der Waals surface area (Å²) in [6.45, 7) is 13.6. The lowest BCUT2D eigenvalue weighted by molar-refractivity contribution is -0.118. The molecular formula is C38H46O. The molecule has 6 rings (SSSR count). The molecule has 1 nitrogen and oxygen atoms in total. The van der Waals surface area contributed by atoms with Crippen LogP contribution in [-0.4, -0.2) is 5.78 Å². The number of benzene rings is 2. The predicted octanol–water partition coefficient (Wildman–Crippen LogP) is 9.76. The zero-order chi connectivity index (χ0) is 27.3. The summed E-state index contributed by atoms with van der Waals surface area (Å²) in [6, 6.07) is 16.3. The Bertz CT molecular complexity index is 1320. The van der Waals surface area contributed by atoms with Crippen molar-refractivity contribution >= 4 is 5.78 Å². The molecule has 0 aromatic heterocycles. The highest BCUT2D eigenvalue weighted by atomic mass is 16.1. The number of hydrogen-bond donors (Lipinski definition) is 0. The van der Waals surface area contributed by atoms with Crippen molar-refractivity contribution in [2.45, 2.75) is 103 Å². The summed E-state index contributed by atoms with van der Waals surface area (Å²) in [7, 11) is 0. The molecular weight excluding hydrogens is 472 g/mol. The minimum atomic E-state index is 0.107. The van der Waals surface area contributed by atoms with Crippen molar-refractivity contribution in [2.75, 3.05) is 0 Å². The summed E-state index contributed by atoms with van der Waals surface area (Å²) in [5.74, 6) is 2.97. The first-order chi connectivity index (χ1) is 18.7. The maximum Gasteiger partial charge on any atom is 0.140 e. The molecule has 39 heavy (non-hydrogen) atoms. The molecule has 4 aliphatic carbocycles. The molecule has 0 N–H and O–H groups in total. The van der Waals surface area contributed by atoms with E-state index < -0.39 is 0 Å². The molecule has 3 unspecified atom stereocenters. The van der Waals surface area contributed by atoms with Crippen molar-refractivity contribution < 1.29 is 4.79 Å². The topological polar surface area (TPSA) is 17.1 Å². The van der Waals surface area contributed by atoms with Gasteiger partial charge in [0.15, 0.2) is 0 Å². The number of fused-ring (bicyclic) bond motifs is 1. The first-order valence-corrected chi connectivity index (χ1v) is 15.5. The molecule has 2 aromatic rings. The van der Waals surface area contributed by atoms with Gasteiger partial charge in [0.2, 0.25) is 0 Å². The second-order valence-corrected chi connectivity index (χ2v) is 14.0. The number of allylic oxidation sites excluding steroid dienone is 5. The molecule has 0 heterocycles. The Labute approximate surface area is 236 Å². The fourth-order valence-corrected chi connectivity index (χ4v) is 8.20. The van der Waals surface area contributed by atoms with Crippen molar-refractivity contribution in [2.24, 2.45) is 17.8 Å². The summed E-state index contributed by atoms with van der Waals surface area (Å²) in [4.78, 5) is 13.3. The van der Waals surface area contributed by atoms with Gasteiger partial charge < -0.3 is 0 Å². The van der Waals surface area contributed by atoms with Crippen molar-refractivity contribution in [3.63, 3.8) is 0 Å². The number of aryl methyl sites for hydroxylation is 1. The Morgan fingerprint density at radius 3 is 2.26 bits per heavy atom. The van der Waals surface area contributed by atoms with E-state index in [1.807, 2.05) is 0 Å². The number of carbonyl (C=O) groups is 1. The smallest absolute Gasteiger partial charge is 0.140 e. The van der Waals surface area contributed by atoms with Crippen LogP contribution in [0.25, 0.3) is 0 Å². The normalized spacial score (nSPS) is 28.8. The lowest BCUT2D eigenvalue weighted by Crippen LogP contribution is -2.22. The van der Waals surface area contributed by atoms with Crippen LogP contribution in [0.5, 0.6) is 0 Å². The van der Waals surface area contributed by atoms with E-state index in [4.69, 9.17) is 0 Å². The molecule has 0 amide bonds. The minimum Gasteiger partial charge on any atom is -0.299 e. The second-order valence-electron chi connectivity index (χ2n) is 14.0. The van der Waals surface area contributed by atoms with Crippen LogP contribution < -0.4 is 0 Å². The van der Waals surface area contributed by atoms with Crippen LogP contribution in [0.3, 0.4) is 0 Å². The lowest BCUT2D eigenvalue weighted by Gasteiger charge is -2.33. The van der Waals surface area contributed by atoms with Gasteiger partial charge in [-0.25, -0.2) is 0 Å². The highest BCUT2D eigenvalue weighted by Crippen LogP contribution is 2.48. The van der Waals surface area contributed by atoms with E-state index in [2.05, 4.69) is 88.9 Å².